The van der Waals surface area contributed by atoms with E-state index in [9.17, 15) is 47.9 Å². The first kappa shape index (κ1) is 57.5. The Morgan fingerprint density at radius 2 is 0.652 bits per heavy atom. The second kappa shape index (κ2) is 27.4. The molecule has 15 atom stereocenters. The quantitative estimate of drug-likeness (QED) is 0.0602. The van der Waals surface area contributed by atoms with Crippen LogP contribution in [0.15, 0.2) is 12.7 Å². The second-order valence-electron chi connectivity index (χ2n) is 15.6. The maximum absolute atomic E-state index is 13.0. The van der Waals surface area contributed by atoms with Gasteiger partial charge in [0.15, 0.2) is 61.6 Å². The number of rotatable bonds is 22. The summed E-state index contributed by atoms with van der Waals surface area (Å²) in [4.78, 5) is 125. The summed E-state index contributed by atoms with van der Waals surface area (Å²) in [6.07, 6.45) is -23.5. The molecule has 26 nitrogen and oxygen atoms in total. The Morgan fingerprint density at radius 1 is 0.377 bits per heavy atom. The number of carbonyl (C=O) groups is 10. The Hall–Kier alpha value is -5.80. The Kier molecular flexibility index (Phi) is 22.8. The van der Waals surface area contributed by atoms with E-state index < -0.39 is 172 Å². The van der Waals surface area contributed by atoms with Gasteiger partial charge in [0.05, 0.1) is 6.61 Å². The lowest BCUT2D eigenvalue weighted by Gasteiger charge is -2.50. The third kappa shape index (κ3) is 18.2. The number of hydrogen-bond acceptors (Lipinski definition) is 26. The van der Waals surface area contributed by atoms with Crippen LogP contribution < -0.4 is 0 Å². The average molecular weight is 993 g/mol. The molecule has 6 unspecified atom stereocenters. The van der Waals surface area contributed by atoms with Gasteiger partial charge in [-0.3, -0.25) is 47.9 Å². The van der Waals surface area contributed by atoms with Crippen molar-refractivity contribution in [1.82, 2.24) is 0 Å². The topological polar surface area (TPSA) is 318 Å². The van der Waals surface area contributed by atoms with Crippen LogP contribution >= 0.6 is 0 Å². The Labute approximate surface area is 396 Å². The number of ether oxygens (including phenoxy) is 16. The minimum absolute atomic E-state index is 0.0101. The molecule has 3 rings (SSSR count). The van der Waals surface area contributed by atoms with E-state index in [-0.39, 0.29) is 6.61 Å². The molecule has 0 aromatic rings. The van der Waals surface area contributed by atoms with E-state index in [0.29, 0.717) is 12.8 Å². The molecule has 69 heavy (non-hydrogen) atoms. The van der Waals surface area contributed by atoms with Gasteiger partial charge in [-0.25, -0.2) is 0 Å². The van der Waals surface area contributed by atoms with Crippen LogP contribution in [-0.4, -0.2) is 178 Å². The van der Waals surface area contributed by atoms with Gasteiger partial charge in [0, 0.05) is 69.2 Å². The molecule has 0 saturated carbocycles. The van der Waals surface area contributed by atoms with Gasteiger partial charge in [0.2, 0.25) is 0 Å². The van der Waals surface area contributed by atoms with Gasteiger partial charge < -0.3 is 75.8 Å². The maximum Gasteiger partial charge on any atom is 0.303 e. The Balaban J connectivity index is 2.29. The van der Waals surface area contributed by atoms with Crippen molar-refractivity contribution in [3.05, 3.63) is 12.7 Å². The van der Waals surface area contributed by atoms with Crippen molar-refractivity contribution in [2.75, 3.05) is 26.4 Å². The molecule has 0 amide bonds. The highest BCUT2D eigenvalue weighted by atomic mass is 16.8. The van der Waals surface area contributed by atoms with E-state index >= 15 is 0 Å². The zero-order valence-electron chi connectivity index (χ0n) is 39.8. The van der Waals surface area contributed by atoms with Crippen LogP contribution in [-0.2, 0) is 124 Å². The molecule has 0 aromatic heterocycles. The van der Waals surface area contributed by atoms with E-state index in [1.165, 1.54) is 0 Å². The highest BCUT2D eigenvalue weighted by Crippen LogP contribution is 2.38. The SMILES string of the molecule is C=CCCCO[C@@H]1OC(COC(C)=O)[C@@H](O[C@@H]2OC(COC(C)=O)[C@H](O[C@H]3OC(COC(C)=O)[C@H](OC(C)=O)[C@H](OC(C)=O)C3OC(C)=O)[C@H](OC(C)=O)C2OC(C)=O)[C@H](OC(C)=O)C1OC(C)=O. The summed E-state index contributed by atoms with van der Waals surface area (Å²) in [6.45, 7) is 11.7. The molecule has 26 heteroatoms. The van der Waals surface area contributed by atoms with Crippen LogP contribution in [0.4, 0.5) is 0 Å². The monoisotopic (exact) mass is 992 g/mol. The lowest BCUT2D eigenvalue weighted by molar-refractivity contribution is -0.380. The molecule has 0 spiro atoms. The van der Waals surface area contributed by atoms with E-state index in [0.717, 1.165) is 69.2 Å². The molecular weight excluding hydrogens is 932 g/mol. The molecule has 3 saturated heterocycles. The van der Waals surface area contributed by atoms with Crippen LogP contribution in [0.5, 0.6) is 0 Å². The van der Waals surface area contributed by atoms with E-state index in [2.05, 4.69) is 6.58 Å². The molecule has 388 valence electrons. The Bertz CT molecular complexity index is 1850. The highest BCUT2D eigenvalue weighted by molar-refractivity contribution is 5.70. The fourth-order valence-corrected chi connectivity index (χ4v) is 7.32. The zero-order valence-corrected chi connectivity index (χ0v) is 39.8. The minimum Gasteiger partial charge on any atom is -0.463 e. The fraction of sp³-hybridized carbons (Fsp3) is 0.721. The molecule has 0 aromatic carbocycles. The highest BCUT2D eigenvalue weighted by Gasteiger charge is 2.60. The molecule has 3 aliphatic rings. The summed E-state index contributed by atoms with van der Waals surface area (Å²) < 4.78 is 92.3. The predicted molar refractivity (Wildman–Crippen MR) is 220 cm³/mol. The van der Waals surface area contributed by atoms with Crippen LogP contribution in [0.1, 0.15) is 82.1 Å². The van der Waals surface area contributed by atoms with Crippen LogP contribution in [0, 0.1) is 0 Å². The lowest BCUT2D eigenvalue weighted by Crippen LogP contribution is -2.69. The van der Waals surface area contributed by atoms with Crippen LogP contribution in [0.2, 0.25) is 0 Å². The fourth-order valence-electron chi connectivity index (χ4n) is 7.32. The lowest BCUT2D eigenvalue weighted by atomic mass is 9.95. The van der Waals surface area contributed by atoms with E-state index in [4.69, 9.17) is 75.8 Å². The summed E-state index contributed by atoms with van der Waals surface area (Å²) in [5.74, 6) is -9.32. The zero-order chi connectivity index (χ0) is 51.7. The van der Waals surface area contributed by atoms with Crippen LogP contribution in [0.25, 0.3) is 0 Å². The van der Waals surface area contributed by atoms with Crippen molar-refractivity contribution in [1.29, 1.82) is 0 Å². The van der Waals surface area contributed by atoms with Gasteiger partial charge in [-0.1, -0.05) is 6.08 Å². The van der Waals surface area contributed by atoms with Crippen molar-refractivity contribution >= 4 is 59.7 Å². The van der Waals surface area contributed by atoms with E-state index in [1.807, 2.05) is 0 Å². The van der Waals surface area contributed by atoms with Gasteiger partial charge in [-0.05, 0) is 12.8 Å². The normalized spacial score (nSPS) is 30.7. The van der Waals surface area contributed by atoms with Gasteiger partial charge in [-0.15, -0.1) is 6.58 Å². The third-order valence-corrected chi connectivity index (χ3v) is 9.66. The molecule has 0 aliphatic carbocycles. The second-order valence-corrected chi connectivity index (χ2v) is 15.6. The molecule has 0 radical (unpaired) electrons. The van der Waals surface area contributed by atoms with Crippen molar-refractivity contribution in [3.8, 4) is 0 Å². The summed E-state index contributed by atoms with van der Waals surface area (Å²) in [7, 11) is 0. The Morgan fingerprint density at radius 3 is 0.971 bits per heavy atom. The number of unbranched alkanes of at least 4 members (excludes halogenated alkanes) is 1. The van der Waals surface area contributed by atoms with Gasteiger partial charge >= 0.3 is 59.7 Å². The summed E-state index contributed by atoms with van der Waals surface area (Å²) in [5, 5.41) is 0. The first-order chi connectivity index (χ1) is 32.4. The van der Waals surface area contributed by atoms with Crippen molar-refractivity contribution < 1.29 is 124 Å². The largest absolute Gasteiger partial charge is 0.463 e. The van der Waals surface area contributed by atoms with Gasteiger partial charge in [0.1, 0.15) is 50.3 Å². The average Bonchev–Trinajstić information content (AvgIpc) is 3.22. The molecule has 0 N–H and O–H groups in total. The number of hydrogen-bond donors (Lipinski definition) is 0. The van der Waals surface area contributed by atoms with E-state index in [1.54, 1.807) is 6.08 Å². The standard InChI is InChI=1S/C43H60O26/c1-12-13-14-15-54-41-38(62-26(9)51)36(60-24(7)49)33(30(65-41)17-56-20(3)45)68-43-40(64-28(11)53)37(61-25(8)50)34(31(67-43)18-57-21(4)46)69-42-39(63-27(10)52)35(59-23(6)48)32(58-22(5)47)29(66-42)16-55-19(2)44/h12,29-43H,1,13-18H2,2-11H3/t29?,30?,31?,32-,33+,34-,35-,36-,37-,38?,39?,40?,41+,42+,43-/m0/s1. The van der Waals surface area contributed by atoms with Gasteiger partial charge in [0.25, 0.3) is 0 Å². The molecule has 3 aliphatic heterocycles. The summed E-state index contributed by atoms with van der Waals surface area (Å²) >= 11 is 0. The molecule has 3 fully saturated rings. The molecule has 3 heterocycles. The van der Waals surface area contributed by atoms with Gasteiger partial charge in [-0.2, -0.15) is 0 Å². The van der Waals surface area contributed by atoms with Crippen molar-refractivity contribution in [2.24, 2.45) is 0 Å². The van der Waals surface area contributed by atoms with Crippen molar-refractivity contribution in [3.63, 3.8) is 0 Å². The summed E-state index contributed by atoms with van der Waals surface area (Å²) in [5.41, 5.74) is 0. The number of esters is 10. The molecular formula is C43H60O26. The smallest absolute Gasteiger partial charge is 0.303 e. The summed E-state index contributed by atoms with van der Waals surface area (Å²) in [6, 6.07) is 0. The predicted octanol–water partition coefficient (Wildman–Crippen LogP) is 0.126. The molecule has 0 bridgehead atoms. The number of carbonyl (C=O) groups excluding carboxylic acids is 10. The van der Waals surface area contributed by atoms with Crippen LogP contribution in [0.3, 0.4) is 0 Å². The first-order valence-electron chi connectivity index (χ1n) is 21.5. The maximum atomic E-state index is 13.0. The van der Waals surface area contributed by atoms with Crippen molar-refractivity contribution in [2.45, 2.75) is 174 Å². The third-order valence-electron chi connectivity index (χ3n) is 9.66. The number of allylic oxidation sites excluding steroid dienone is 1. The first-order valence-corrected chi connectivity index (χ1v) is 21.5. The minimum atomic E-state index is -2.00.